The molecule has 1 nitrogen and oxygen atoms in total. The summed E-state index contributed by atoms with van der Waals surface area (Å²) < 4.78 is 5.77. The molecule has 0 amide bonds. The lowest BCUT2D eigenvalue weighted by atomic mass is 10.0. The van der Waals surface area contributed by atoms with Gasteiger partial charge in [-0.05, 0) is 49.8 Å². The summed E-state index contributed by atoms with van der Waals surface area (Å²) in [5.41, 5.74) is 2.95. The van der Waals surface area contributed by atoms with Gasteiger partial charge in [-0.15, -0.1) is 0 Å². The van der Waals surface area contributed by atoms with Gasteiger partial charge < -0.3 is 4.74 Å². The molecule has 0 fully saturated rings. The van der Waals surface area contributed by atoms with Crippen molar-refractivity contribution in [3.05, 3.63) is 65.8 Å². The summed E-state index contributed by atoms with van der Waals surface area (Å²) in [6.07, 6.45) is 17.7. The lowest BCUT2D eigenvalue weighted by Gasteiger charge is -2.07. The van der Waals surface area contributed by atoms with E-state index in [1.807, 2.05) is 30.3 Å². The lowest BCUT2D eigenvalue weighted by Crippen LogP contribution is -1.97. The van der Waals surface area contributed by atoms with Crippen LogP contribution < -0.4 is 4.74 Å². The Morgan fingerprint density at radius 3 is 2.59 bits per heavy atom. The van der Waals surface area contributed by atoms with Crippen LogP contribution >= 0.6 is 0 Å². The number of allylic oxidation sites excluding steroid dienone is 6. The van der Waals surface area contributed by atoms with Crippen molar-refractivity contribution < 1.29 is 4.74 Å². The van der Waals surface area contributed by atoms with Gasteiger partial charge in [0.25, 0.3) is 0 Å². The van der Waals surface area contributed by atoms with Gasteiger partial charge in [-0.3, -0.25) is 0 Å². The van der Waals surface area contributed by atoms with E-state index in [4.69, 9.17) is 4.74 Å². The van der Waals surface area contributed by atoms with Gasteiger partial charge in [0.15, 0.2) is 0 Å². The summed E-state index contributed by atoms with van der Waals surface area (Å²) in [4.78, 5) is 0. The fourth-order valence-electron chi connectivity index (χ4n) is 2.68. The topological polar surface area (TPSA) is 9.23 Å². The molecule has 1 aliphatic rings. The van der Waals surface area contributed by atoms with Crippen LogP contribution in [-0.4, -0.2) is 6.61 Å². The van der Waals surface area contributed by atoms with E-state index in [2.05, 4.69) is 31.2 Å². The molecule has 2 rings (SSSR count). The average Bonchev–Trinajstić information content (AvgIpc) is 2.78. The first kappa shape index (κ1) is 16.6. The molecule has 0 N–H and O–H groups in total. The first-order chi connectivity index (χ1) is 10.9. The van der Waals surface area contributed by atoms with Gasteiger partial charge in [-0.2, -0.15) is 0 Å². The van der Waals surface area contributed by atoms with Crippen molar-refractivity contribution in [2.24, 2.45) is 0 Å². The van der Waals surface area contributed by atoms with Crippen LogP contribution in [0.2, 0.25) is 0 Å². The second-order valence-corrected chi connectivity index (χ2v) is 5.86. The van der Waals surface area contributed by atoms with E-state index in [0.29, 0.717) is 0 Å². The smallest absolute Gasteiger partial charge is 0.119 e. The third kappa shape index (κ3) is 6.34. The maximum atomic E-state index is 5.77. The summed E-state index contributed by atoms with van der Waals surface area (Å²) >= 11 is 0. The van der Waals surface area contributed by atoms with Crippen molar-refractivity contribution >= 4 is 0 Å². The molecule has 1 heteroatoms. The Morgan fingerprint density at radius 1 is 0.955 bits per heavy atom. The Bertz CT molecular complexity index is 508. The van der Waals surface area contributed by atoms with Gasteiger partial charge in [0, 0.05) is 0 Å². The number of hydrogen-bond acceptors (Lipinski definition) is 1. The van der Waals surface area contributed by atoms with Crippen molar-refractivity contribution in [2.45, 2.75) is 51.9 Å². The number of hydrogen-bond donors (Lipinski definition) is 0. The molecule has 1 aliphatic carbocycles. The first-order valence-electron chi connectivity index (χ1n) is 8.62. The summed E-state index contributed by atoms with van der Waals surface area (Å²) in [6.45, 7) is 3.04. The maximum Gasteiger partial charge on any atom is 0.119 e. The van der Waals surface area contributed by atoms with E-state index < -0.39 is 0 Å². The highest BCUT2D eigenvalue weighted by molar-refractivity contribution is 5.33. The van der Waals surface area contributed by atoms with Crippen molar-refractivity contribution in [1.29, 1.82) is 0 Å². The normalized spacial score (nSPS) is 14.2. The van der Waals surface area contributed by atoms with Crippen LogP contribution in [0.5, 0.6) is 5.75 Å². The minimum Gasteiger partial charge on any atom is -0.494 e. The lowest BCUT2D eigenvalue weighted by molar-refractivity contribution is 0.311. The minimum absolute atomic E-state index is 0.782. The summed E-state index contributed by atoms with van der Waals surface area (Å²) in [5.74, 6) is 0.966. The molecule has 0 aromatic heterocycles. The fraction of sp³-hybridized carbons (Fsp3) is 0.429. The Balaban J connectivity index is 1.74. The fourth-order valence-corrected chi connectivity index (χ4v) is 2.68. The van der Waals surface area contributed by atoms with Crippen LogP contribution in [0.1, 0.15) is 51.9 Å². The highest BCUT2D eigenvalue weighted by Crippen LogP contribution is 2.20. The molecular weight excluding hydrogens is 268 g/mol. The molecule has 0 unspecified atom stereocenters. The largest absolute Gasteiger partial charge is 0.494 e. The molecule has 118 valence electrons. The average molecular weight is 296 g/mol. The van der Waals surface area contributed by atoms with Gasteiger partial charge >= 0.3 is 0 Å². The van der Waals surface area contributed by atoms with Crippen LogP contribution in [0.4, 0.5) is 0 Å². The Hall–Kier alpha value is -1.76. The van der Waals surface area contributed by atoms with Crippen molar-refractivity contribution in [3.63, 3.8) is 0 Å². The predicted molar refractivity (Wildman–Crippen MR) is 95.2 cm³/mol. The van der Waals surface area contributed by atoms with Crippen LogP contribution in [0.3, 0.4) is 0 Å². The molecule has 22 heavy (non-hydrogen) atoms. The molecule has 0 radical (unpaired) electrons. The van der Waals surface area contributed by atoms with Crippen molar-refractivity contribution in [3.8, 4) is 5.75 Å². The first-order valence-corrected chi connectivity index (χ1v) is 8.62. The van der Waals surface area contributed by atoms with Crippen LogP contribution in [0.25, 0.3) is 0 Å². The molecule has 1 aromatic rings. The molecule has 0 bridgehead atoms. The molecule has 1 aromatic carbocycles. The zero-order chi connectivity index (χ0) is 15.5. The summed E-state index contributed by atoms with van der Waals surface area (Å²) in [5, 5.41) is 0. The van der Waals surface area contributed by atoms with Crippen LogP contribution in [0.15, 0.2) is 65.8 Å². The number of unbranched alkanes of at least 4 members (excludes halogenated alkanes) is 2. The van der Waals surface area contributed by atoms with Gasteiger partial charge in [-0.1, -0.05) is 67.8 Å². The third-order valence-electron chi connectivity index (χ3n) is 3.91. The Morgan fingerprint density at radius 2 is 1.77 bits per heavy atom. The summed E-state index contributed by atoms with van der Waals surface area (Å²) in [7, 11) is 0. The SMILES string of the molecule is CCCCCC1=CCC=CC(CCCOc2ccccc2)=C1. The number of benzene rings is 1. The highest BCUT2D eigenvalue weighted by atomic mass is 16.5. The third-order valence-corrected chi connectivity index (χ3v) is 3.91. The molecule has 0 atom stereocenters. The molecule has 0 saturated carbocycles. The molecule has 0 heterocycles. The van der Waals surface area contributed by atoms with E-state index in [-0.39, 0.29) is 0 Å². The highest BCUT2D eigenvalue weighted by Gasteiger charge is 2.01. The Kier molecular flexibility index (Phi) is 7.59. The zero-order valence-electron chi connectivity index (χ0n) is 13.8. The van der Waals surface area contributed by atoms with Crippen LogP contribution in [-0.2, 0) is 0 Å². The second kappa shape index (κ2) is 10.0. The monoisotopic (exact) mass is 296 g/mol. The predicted octanol–water partition coefficient (Wildman–Crippen LogP) is 6.24. The molecular formula is C21H28O. The minimum atomic E-state index is 0.782. The van der Waals surface area contributed by atoms with Gasteiger partial charge in [0.2, 0.25) is 0 Å². The standard InChI is InChI=1S/C21H28O/c1-2-3-5-11-19-12-8-9-13-20(18-19)14-10-17-22-21-15-6-4-7-16-21/h4,6-7,9,12-13,15-16,18H,2-3,5,8,10-11,14,17H2,1H3. The van der Waals surface area contributed by atoms with E-state index >= 15 is 0 Å². The van der Waals surface area contributed by atoms with Crippen molar-refractivity contribution in [2.75, 3.05) is 6.61 Å². The van der Waals surface area contributed by atoms with E-state index in [9.17, 15) is 0 Å². The second-order valence-electron chi connectivity index (χ2n) is 5.86. The van der Waals surface area contributed by atoms with E-state index in [1.165, 1.54) is 36.8 Å². The maximum absolute atomic E-state index is 5.77. The van der Waals surface area contributed by atoms with Crippen LogP contribution in [0, 0.1) is 0 Å². The van der Waals surface area contributed by atoms with Gasteiger partial charge in [0.1, 0.15) is 5.75 Å². The molecule has 0 spiro atoms. The number of para-hydroxylation sites is 1. The van der Waals surface area contributed by atoms with Crippen molar-refractivity contribution in [1.82, 2.24) is 0 Å². The van der Waals surface area contributed by atoms with Gasteiger partial charge in [-0.25, -0.2) is 0 Å². The summed E-state index contributed by atoms with van der Waals surface area (Å²) in [6, 6.07) is 10.1. The number of rotatable bonds is 9. The quantitative estimate of drug-likeness (QED) is 0.490. The Labute approximate surface area is 135 Å². The zero-order valence-corrected chi connectivity index (χ0v) is 13.8. The van der Waals surface area contributed by atoms with E-state index in [1.54, 1.807) is 0 Å². The number of ether oxygens (including phenoxy) is 1. The van der Waals surface area contributed by atoms with Gasteiger partial charge in [0.05, 0.1) is 6.61 Å². The molecule has 0 aliphatic heterocycles. The molecule has 0 saturated heterocycles. The van der Waals surface area contributed by atoms with E-state index in [0.717, 1.165) is 31.6 Å².